The van der Waals surface area contributed by atoms with Gasteiger partial charge in [0.05, 0.1) is 18.0 Å². The summed E-state index contributed by atoms with van der Waals surface area (Å²) in [6.45, 7) is 6.78. The van der Waals surface area contributed by atoms with Crippen molar-refractivity contribution in [1.29, 1.82) is 0 Å². The molecular formula is C21H26N6O. The molecule has 28 heavy (non-hydrogen) atoms. The van der Waals surface area contributed by atoms with Crippen LogP contribution in [0.15, 0.2) is 18.2 Å². The molecule has 2 aliphatic rings. The molecule has 0 spiro atoms. The van der Waals surface area contributed by atoms with Crippen LogP contribution in [-0.4, -0.2) is 44.5 Å². The lowest BCUT2D eigenvalue weighted by Crippen LogP contribution is -2.36. The van der Waals surface area contributed by atoms with Gasteiger partial charge < -0.3 is 9.64 Å². The molecule has 7 nitrogen and oxygen atoms in total. The van der Waals surface area contributed by atoms with E-state index in [0.29, 0.717) is 18.4 Å². The molecule has 0 bridgehead atoms. The van der Waals surface area contributed by atoms with Crippen molar-refractivity contribution in [1.82, 2.24) is 24.8 Å². The largest absolute Gasteiger partial charge is 0.476 e. The highest BCUT2D eigenvalue weighted by Gasteiger charge is 2.23. The zero-order valence-electron chi connectivity index (χ0n) is 16.6. The number of hydrogen-bond acceptors (Lipinski definition) is 6. The normalized spacial score (nSPS) is 17.3. The standard InChI is InChI=1S/C21H26N6O/c1-14-11-21(27-19(22-14)10-15(2)25-27)26-8-6-16(7-9-26)13-28-20-12-17-4-3-5-18(17)23-24-20/h10-12,16H,3-9,13H2,1-2H3. The van der Waals surface area contributed by atoms with E-state index in [4.69, 9.17) is 4.74 Å². The van der Waals surface area contributed by atoms with Gasteiger partial charge in [0.25, 0.3) is 0 Å². The van der Waals surface area contributed by atoms with Crippen molar-refractivity contribution in [2.24, 2.45) is 5.92 Å². The Morgan fingerprint density at radius 1 is 1.04 bits per heavy atom. The molecule has 3 aromatic rings. The third kappa shape index (κ3) is 3.30. The molecule has 0 aromatic carbocycles. The van der Waals surface area contributed by atoms with Crippen molar-refractivity contribution in [2.75, 3.05) is 24.6 Å². The van der Waals surface area contributed by atoms with Gasteiger partial charge in [0.2, 0.25) is 5.88 Å². The zero-order chi connectivity index (χ0) is 19.1. The summed E-state index contributed by atoms with van der Waals surface area (Å²) in [6, 6.07) is 6.26. The van der Waals surface area contributed by atoms with Crippen LogP contribution in [0.25, 0.3) is 5.65 Å². The minimum atomic E-state index is 0.545. The molecule has 1 aliphatic heterocycles. The molecule has 0 atom stereocenters. The maximum absolute atomic E-state index is 5.98. The maximum atomic E-state index is 5.98. The van der Waals surface area contributed by atoms with Crippen LogP contribution < -0.4 is 9.64 Å². The van der Waals surface area contributed by atoms with E-state index in [9.17, 15) is 0 Å². The molecule has 1 fully saturated rings. The first-order valence-corrected chi connectivity index (χ1v) is 10.2. The molecule has 0 N–H and O–H groups in total. The van der Waals surface area contributed by atoms with E-state index < -0.39 is 0 Å². The van der Waals surface area contributed by atoms with Crippen molar-refractivity contribution in [3.8, 4) is 5.88 Å². The first kappa shape index (κ1) is 17.4. The number of nitrogens with zero attached hydrogens (tertiary/aromatic N) is 6. The Hall–Kier alpha value is -2.70. The summed E-state index contributed by atoms with van der Waals surface area (Å²) in [5.74, 6) is 2.37. The second-order valence-electron chi connectivity index (χ2n) is 8.06. The second-order valence-corrected chi connectivity index (χ2v) is 8.06. The average molecular weight is 378 g/mol. The third-order valence-corrected chi connectivity index (χ3v) is 5.86. The van der Waals surface area contributed by atoms with Crippen molar-refractivity contribution in [3.63, 3.8) is 0 Å². The molecule has 0 amide bonds. The minimum absolute atomic E-state index is 0.545. The van der Waals surface area contributed by atoms with Crippen LogP contribution in [-0.2, 0) is 12.8 Å². The van der Waals surface area contributed by atoms with Gasteiger partial charge in [0, 0.05) is 37.0 Å². The van der Waals surface area contributed by atoms with Crippen LogP contribution in [0.2, 0.25) is 0 Å². The lowest BCUT2D eigenvalue weighted by atomic mass is 9.98. The number of fused-ring (bicyclic) bond motifs is 2. The third-order valence-electron chi connectivity index (χ3n) is 5.86. The first-order chi connectivity index (χ1) is 13.7. The summed E-state index contributed by atoms with van der Waals surface area (Å²) in [4.78, 5) is 7.01. The van der Waals surface area contributed by atoms with Gasteiger partial charge in [-0.3, -0.25) is 0 Å². The van der Waals surface area contributed by atoms with Crippen LogP contribution in [0.4, 0.5) is 5.82 Å². The summed E-state index contributed by atoms with van der Waals surface area (Å²) in [6.07, 6.45) is 5.54. The Labute approximate surface area is 164 Å². The van der Waals surface area contributed by atoms with E-state index >= 15 is 0 Å². The van der Waals surface area contributed by atoms with Crippen molar-refractivity contribution < 1.29 is 4.74 Å². The van der Waals surface area contributed by atoms with Crippen molar-refractivity contribution in [2.45, 2.75) is 46.0 Å². The van der Waals surface area contributed by atoms with E-state index in [0.717, 1.165) is 67.3 Å². The highest BCUT2D eigenvalue weighted by atomic mass is 16.5. The number of piperidine rings is 1. The van der Waals surface area contributed by atoms with E-state index in [1.165, 1.54) is 12.0 Å². The Morgan fingerprint density at radius 2 is 1.89 bits per heavy atom. The number of anilines is 1. The SMILES string of the molecule is Cc1cc(N2CCC(COc3cc4c(nn3)CCC4)CC2)n2nc(C)cc2n1. The van der Waals surface area contributed by atoms with Crippen LogP contribution >= 0.6 is 0 Å². The fourth-order valence-electron chi connectivity index (χ4n) is 4.33. The summed E-state index contributed by atoms with van der Waals surface area (Å²) in [5.41, 5.74) is 5.41. The average Bonchev–Trinajstić information content (AvgIpc) is 3.31. The quantitative estimate of drug-likeness (QED) is 0.695. The van der Waals surface area contributed by atoms with Gasteiger partial charge in [-0.15, -0.1) is 5.10 Å². The van der Waals surface area contributed by atoms with Crippen LogP contribution in [0.1, 0.15) is 41.9 Å². The number of aromatic nitrogens is 5. The minimum Gasteiger partial charge on any atom is -0.476 e. The molecule has 146 valence electrons. The van der Waals surface area contributed by atoms with Gasteiger partial charge in [-0.1, -0.05) is 0 Å². The molecule has 0 saturated carbocycles. The highest BCUT2D eigenvalue weighted by Crippen LogP contribution is 2.26. The van der Waals surface area contributed by atoms with E-state index in [1.54, 1.807) is 0 Å². The summed E-state index contributed by atoms with van der Waals surface area (Å²) < 4.78 is 7.96. The molecule has 3 aromatic heterocycles. The summed E-state index contributed by atoms with van der Waals surface area (Å²) in [5, 5.41) is 13.2. The van der Waals surface area contributed by atoms with Crippen LogP contribution in [0.3, 0.4) is 0 Å². The van der Waals surface area contributed by atoms with Crippen LogP contribution in [0.5, 0.6) is 5.88 Å². The Bertz CT molecular complexity index is 1010. The molecule has 0 radical (unpaired) electrons. The summed E-state index contributed by atoms with van der Waals surface area (Å²) >= 11 is 0. The Morgan fingerprint density at radius 3 is 2.75 bits per heavy atom. The van der Waals surface area contributed by atoms with Gasteiger partial charge in [0.15, 0.2) is 5.65 Å². The van der Waals surface area contributed by atoms with Gasteiger partial charge >= 0.3 is 0 Å². The van der Waals surface area contributed by atoms with Gasteiger partial charge in [-0.05, 0) is 57.4 Å². The predicted molar refractivity (Wildman–Crippen MR) is 107 cm³/mol. The molecule has 7 heteroatoms. The molecule has 1 aliphatic carbocycles. The number of aryl methyl sites for hydroxylation is 4. The maximum Gasteiger partial charge on any atom is 0.233 e. The smallest absolute Gasteiger partial charge is 0.233 e. The van der Waals surface area contributed by atoms with Gasteiger partial charge in [0.1, 0.15) is 5.82 Å². The van der Waals surface area contributed by atoms with E-state index in [1.807, 2.05) is 24.4 Å². The number of ether oxygens (including phenoxy) is 1. The fraction of sp³-hybridized carbons (Fsp3) is 0.524. The Balaban J connectivity index is 1.22. The zero-order valence-corrected chi connectivity index (χ0v) is 16.6. The van der Waals surface area contributed by atoms with E-state index in [2.05, 4.69) is 37.3 Å². The van der Waals surface area contributed by atoms with Crippen molar-refractivity contribution in [3.05, 3.63) is 40.8 Å². The van der Waals surface area contributed by atoms with Crippen molar-refractivity contribution >= 4 is 11.5 Å². The number of rotatable bonds is 4. The van der Waals surface area contributed by atoms with Crippen LogP contribution in [0, 0.1) is 19.8 Å². The predicted octanol–water partition coefficient (Wildman–Crippen LogP) is 2.92. The lowest BCUT2D eigenvalue weighted by Gasteiger charge is -2.33. The monoisotopic (exact) mass is 378 g/mol. The van der Waals surface area contributed by atoms with Gasteiger partial charge in [-0.2, -0.15) is 14.7 Å². The molecule has 5 rings (SSSR count). The lowest BCUT2D eigenvalue weighted by molar-refractivity contribution is 0.213. The molecular weight excluding hydrogens is 352 g/mol. The molecule has 1 saturated heterocycles. The molecule has 4 heterocycles. The second kappa shape index (κ2) is 7.04. The first-order valence-electron chi connectivity index (χ1n) is 10.2. The fourth-order valence-corrected chi connectivity index (χ4v) is 4.33. The van der Waals surface area contributed by atoms with Gasteiger partial charge in [-0.25, -0.2) is 4.98 Å². The topological polar surface area (TPSA) is 68.4 Å². The van der Waals surface area contributed by atoms with E-state index in [-0.39, 0.29) is 0 Å². The number of hydrogen-bond donors (Lipinski definition) is 0. The summed E-state index contributed by atoms with van der Waals surface area (Å²) in [7, 11) is 0. The highest BCUT2D eigenvalue weighted by molar-refractivity contribution is 5.52. The Kier molecular flexibility index (Phi) is 4.37. The molecule has 0 unspecified atom stereocenters.